The van der Waals surface area contributed by atoms with Crippen molar-refractivity contribution in [3.8, 4) is 11.1 Å². The van der Waals surface area contributed by atoms with Gasteiger partial charge < -0.3 is 10.2 Å². The van der Waals surface area contributed by atoms with Gasteiger partial charge in [-0.05, 0) is 46.4 Å². The van der Waals surface area contributed by atoms with E-state index >= 15 is 0 Å². The molecule has 1 fully saturated rings. The fourth-order valence-corrected chi connectivity index (χ4v) is 4.28. The van der Waals surface area contributed by atoms with Gasteiger partial charge in [-0.2, -0.15) is 11.3 Å². The SMILES string of the molecule is CCC(=O)N1CC[C@@](Cc2ccc(-c3ccsc3)cc2)(C(=O)NC)C1. The van der Waals surface area contributed by atoms with Gasteiger partial charge in [0.2, 0.25) is 11.8 Å². The molecule has 0 radical (unpaired) electrons. The van der Waals surface area contributed by atoms with Gasteiger partial charge in [0.15, 0.2) is 0 Å². The summed E-state index contributed by atoms with van der Waals surface area (Å²) < 4.78 is 0. The van der Waals surface area contributed by atoms with Crippen LogP contribution in [0, 0.1) is 5.41 Å². The van der Waals surface area contributed by atoms with Crippen molar-refractivity contribution in [1.29, 1.82) is 0 Å². The van der Waals surface area contributed by atoms with Crippen molar-refractivity contribution in [2.75, 3.05) is 20.1 Å². The number of rotatable bonds is 5. The zero-order valence-electron chi connectivity index (χ0n) is 14.7. The molecule has 0 spiro atoms. The van der Waals surface area contributed by atoms with E-state index in [4.69, 9.17) is 0 Å². The lowest BCUT2D eigenvalue weighted by atomic mass is 9.79. The summed E-state index contributed by atoms with van der Waals surface area (Å²) in [6.45, 7) is 3.03. The molecule has 2 aromatic rings. The van der Waals surface area contributed by atoms with Crippen LogP contribution in [0.1, 0.15) is 25.3 Å². The summed E-state index contributed by atoms with van der Waals surface area (Å²) in [6, 6.07) is 10.5. The van der Waals surface area contributed by atoms with E-state index in [0.29, 0.717) is 32.4 Å². The van der Waals surface area contributed by atoms with Gasteiger partial charge in [0.05, 0.1) is 5.41 Å². The second kappa shape index (κ2) is 7.40. The molecule has 4 nitrogen and oxygen atoms in total. The highest BCUT2D eigenvalue weighted by Gasteiger charge is 2.45. The summed E-state index contributed by atoms with van der Waals surface area (Å²) in [4.78, 5) is 26.5. The molecule has 0 saturated carbocycles. The van der Waals surface area contributed by atoms with Crippen LogP contribution in [0.4, 0.5) is 0 Å². The maximum Gasteiger partial charge on any atom is 0.228 e. The Bertz CT molecular complexity index is 740. The molecule has 1 N–H and O–H groups in total. The first-order chi connectivity index (χ1) is 12.1. The third kappa shape index (κ3) is 3.61. The van der Waals surface area contributed by atoms with Crippen molar-refractivity contribution in [3.63, 3.8) is 0 Å². The molecule has 1 aliphatic heterocycles. The highest BCUT2D eigenvalue weighted by atomic mass is 32.1. The van der Waals surface area contributed by atoms with Crippen molar-refractivity contribution in [2.45, 2.75) is 26.2 Å². The topological polar surface area (TPSA) is 49.4 Å². The number of benzene rings is 1. The lowest BCUT2D eigenvalue weighted by Crippen LogP contribution is -2.44. The van der Waals surface area contributed by atoms with Gasteiger partial charge in [0, 0.05) is 26.6 Å². The van der Waals surface area contributed by atoms with Crippen molar-refractivity contribution >= 4 is 23.2 Å². The smallest absolute Gasteiger partial charge is 0.228 e. The Morgan fingerprint density at radius 1 is 1.20 bits per heavy atom. The molecular weight excluding hydrogens is 332 g/mol. The number of amides is 2. The molecule has 3 rings (SSSR count). The quantitative estimate of drug-likeness (QED) is 0.893. The second-order valence-electron chi connectivity index (χ2n) is 6.66. The van der Waals surface area contributed by atoms with Crippen LogP contribution in [0.2, 0.25) is 0 Å². The number of likely N-dealkylation sites (tertiary alicyclic amines) is 1. The number of carbonyl (C=O) groups is 2. The molecule has 0 unspecified atom stereocenters. The Kier molecular flexibility index (Phi) is 5.23. The van der Waals surface area contributed by atoms with Gasteiger partial charge in [0.1, 0.15) is 0 Å². The Hall–Kier alpha value is -2.14. The summed E-state index contributed by atoms with van der Waals surface area (Å²) in [6.07, 6.45) is 1.86. The van der Waals surface area contributed by atoms with E-state index in [9.17, 15) is 9.59 Å². The van der Waals surface area contributed by atoms with Crippen molar-refractivity contribution in [1.82, 2.24) is 10.2 Å². The van der Waals surface area contributed by atoms with Crippen molar-refractivity contribution in [2.24, 2.45) is 5.41 Å². The van der Waals surface area contributed by atoms with Gasteiger partial charge in [0.25, 0.3) is 0 Å². The predicted octanol–water partition coefficient (Wildman–Crippen LogP) is 3.33. The molecule has 1 saturated heterocycles. The van der Waals surface area contributed by atoms with Crippen LogP contribution >= 0.6 is 11.3 Å². The van der Waals surface area contributed by atoms with Crippen LogP contribution in [-0.4, -0.2) is 36.9 Å². The van der Waals surface area contributed by atoms with E-state index in [1.165, 1.54) is 11.1 Å². The first-order valence-electron chi connectivity index (χ1n) is 8.69. The van der Waals surface area contributed by atoms with Crippen molar-refractivity contribution in [3.05, 3.63) is 46.7 Å². The van der Waals surface area contributed by atoms with Crippen LogP contribution in [-0.2, 0) is 16.0 Å². The third-order valence-electron chi connectivity index (χ3n) is 5.07. The number of hydrogen-bond acceptors (Lipinski definition) is 3. The first-order valence-corrected chi connectivity index (χ1v) is 9.64. The average Bonchev–Trinajstić information content (AvgIpc) is 3.32. The van der Waals surface area contributed by atoms with Gasteiger partial charge in [-0.1, -0.05) is 31.2 Å². The van der Waals surface area contributed by atoms with E-state index in [2.05, 4.69) is 46.4 Å². The normalized spacial score (nSPS) is 19.8. The number of nitrogens with zero attached hydrogens (tertiary/aromatic N) is 1. The summed E-state index contributed by atoms with van der Waals surface area (Å²) >= 11 is 1.69. The fourth-order valence-electron chi connectivity index (χ4n) is 3.62. The molecule has 132 valence electrons. The van der Waals surface area contributed by atoms with Gasteiger partial charge in [-0.3, -0.25) is 9.59 Å². The Morgan fingerprint density at radius 3 is 2.56 bits per heavy atom. The fraction of sp³-hybridized carbons (Fsp3) is 0.400. The maximum absolute atomic E-state index is 12.6. The van der Waals surface area contributed by atoms with Gasteiger partial charge in [-0.25, -0.2) is 0 Å². The van der Waals surface area contributed by atoms with Gasteiger partial charge >= 0.3 is 0 Å². The van der Waals surface area contributed by atoms with E-state index < -0.39 is 5.41 Å². The maximum atomic E-state index is 12.6. The third-order valence-corrected chi connectivity index (χ3v) is 5.75. The lowest BCUT2D eigenvalue weighted by molar-refractivity contribution is -0.132. The molecule has 5 heteroatoms. The number of carbonyl (C=O) groups excluding carboxylic acids is 2. The van der Waals surface area contributed by atoms with Gasteiger partial charge in [-0.15, -0.1) is 0 Å². The second-order valence-corrected chi connectivity index (χ2v) is 7.44. The molecule has 1 atom stereocenters. The predicted molar refractivity (Wildman–Crippen MR) is 101 cm³/mol. The van der Waals surface area contributed by atoms with E-state index in [0.717, 1.165) is 5.56 Å². The van der Waals surface area contributed by atoms with Crippen LogP contribution in [0.15, 0.2) is 41.1 Å². The standard InChI is InChI=1S/C20H24N2O2S/c1-3-18(23)22-10-9-20(14-22,19(24)21-2)12-15-4-6-16(7-5-15)17-8-11-25-13-17/h4-8,11,13H,3,9-10,12,14H2,1-2H3,(H,21,24)/t20-/m0/s1. The molecule has 2 heterocycles. The van der Waals surface area contributed by atoms with Crippen molar-refractivity contribution < 1.29 is 9.59 Å². The molecule has 0 bridgehead atoms. The van der Waals surface area contributed by atoms with Crippen LogP contribution < -0.4 is 5.32 Å². The Labute approximate surface area is 152 Å². The number of thiophene rings is 1. The van der Waals surface area contributed by atoms with Crippen LogP contribution in [0.25, 0.3) is 11.1 Å². The molecule has 25 heavy (non-hydrogen) atoms. The molecule has 1 aromatic carbocycles. The average molecular weight is 356 g/mol. The largest absolute Gasteiger partial charge is 0.359 e. The molecular formula is C20H24N2O2S. The molecule has 0 aliphatic carbocycles. The zero-order chi connectivity index (χ0) is 17.9. The number of hydrogen-bond donors (Lipinski definition) is 1. The monoisotopic (exact) mass is 356 g/mol. The van der Waals surface area contributed by atoms with Crippen LogP contribution in [0.3, 0.4) is 0 Å². The molecule has 1 aliphatic rings. The summed E-state index contributed by atoms with van der Waals surface area (Å²) in [5.74, 6) is 0.152. The molecule has 1 aromatic heterocycles. The number of nitrogens with one attached hydrogen (secondary N) is 1. The summed E-state index contributed by atoms with van der Waals surface area (Å²) in [5, 5.41) is 7.01. The first kappa shape index (κ1) is 17.7. The summed E-state index contributed by atoms with van der Waals surface area (Å²) in [5.41, 5.74) is 3.02. The van der Waals surface area contributed by atoms with E-state index in [-0.39, 0.29) is 11.8 Å². The Morgan fingerprint density at radius 2 is 1.96 bits per heavy atom. The molecule has 2 amide bonds. The Balaban J connectivity index is 1.79. The minimum Gasteiger partial charge on any atom is -0.359 e. The highest BCUT2D eigenvalue weighted by Crippen LogP contribution is 2.35. The minimum atomic E-state index is -0.524. The van der Waals surface area contributed by atoms with E-state index in [1.54, 1.807) is 18.4 Å². The minimum absolute atomic E-state index is 0.0285. The van der Waals surface area contributed by atoms with Crippen LogP contribution in [0.5, 0.6) is 0 Å². The zero-order valence-corrected chi connectivity index (χ0v) is 15.6. The van der Waals surface area contributed by atoms with E-state index in [1.807, 2.05) is 11.8 Å². The highest BCUT2D eigenvalue weighted by molar-refractivity contribution is 7.08. The lowest BCUT2D eigenvalue weighted by Gasteiger charge is -2.27. The summed E-state index contributed by atoms with van der Waals surface area (Å²) in [7, 11) is 1.67.